The number of aryl methyl sites for hydroxylation is 2. The Kier molecular flexibility index (Phi) is 5.05. The highest BCUT2D eigenvalue weighted by atomic mass is 15.4. The maximum atomic E-state index is 4.30. The fourth-order valence-electron chi connectivity index (χ4n) is 3.04. The SMILES string of the molecule is CCC(Cc1cn(CC)nn1)c1ccc(C)c(C(C)(C)C)c1. The molecule has 0 amide bonds. The van der Waals surface area contributed by atoms with Gasteiger partial charge in [-0.3, -0.25) is 4.68 Å². The standard InChI is InChI=1S/C19H29N3/c1-7-15(11-17-13-22(8-2)21-20-17)16-10-9-14(3)18(12-16)19(4,5)6/h9-10,12-13,15H,7-8,11H2,1-6H3. The molecule has 0 aliphatic heterocycles. The van der Waals surface area contributed by atoms with Crippen molar-refractivity contribution in [3.8, 4) is 0 Å². The third-order valence-electron chi connectivity index (χ3n) is 4.40. The minimum Gasteiger partial charge on any atom is -0.253 e. The Morgan fingerprint density at radius 3 is 2.45 bits per heavy atom. The van der Waals surface area contributed by atoms with Crippen molar-refractivity contribution in [3.05, 3.63) is 46.8 Å². The van der Waals surface area contributed by atoms with Crippen LogP contribution in [0.25, 0.3) is 0 Å². The molecule has 22 heavy (non-hydrogen) atoms. The van der Waals surface area contributed by atoms with Crippen LogP contribution >= 0.6 is 0 Å². The van der Waals surface area contributed by atoms with Gasteiger partial charge in [-0.15, -0.1) is 5.10 Å². The number of aromatic nitrogens is 3. The van der Waals surface area contributed by atoms with Crippen LogP contribution in [0.3, 0.4) is 0 Å². The normalized spacial score (nSPS) is 13.4. The van der Waals surface area contributed by atoms with Crippen LogP contribution in [-0.2, 0) is 18.4 Å². The average molecular weight is 299 g/mol. The maximum Gasteiger partial charge on any atom is 0.0833 e. The van der Waals surface area contributed by atoms with E-state index in [1.165, 1.54) is 16.7 Å². The lowest BCUT2D eigenvalue weighted by atomic mass is 9.81. The number of benzene rings is 1. The first-order valence-electron chi connectivity index (χ1n) is 8.35. The van der Waals surface area contributed by atoms with Crippen LogP contribution in [0.2, 0.25) is 0 Å². The van der Waals surface area contributed by atoms with E-state index in [4.69, 9.17) is 0 Å². The predicted octanol–water partition coefficient (Wildman–Crippen LogP) is 4.64. The molecule has 0 aliphatic carbocycles. The molecule has 2 rings (SSSR count). The summed E-state index contributed by atoms with van der Waals surface area (Å²) in [7, 11) is 0. The van der Waals surface area contributed by atoms with Crippen molar-refractivity contribution in [2.24, 2.45) is 0 Å². The highest BCUT2D eigenvalue weighted by molar-refractivity contribution is 5.37. The summed E-state index contributed by atoms with van der Waals surface area (Å²) < 4.78 is 1.90. The first-order chi connectivity index (χ1) is 10.3. The van der Waals surface area contributed by atoms with Gasteiger partial charge in [0.25, 0.3) is 0 Å². The summed E-state index contributed by atoms with van der Waals surface area (Å²) in [5, 5.41) is 8.46. The Hall–Kier alpha value is -1.64. The highest BCUT2D eigenvalue weighted by Crippen LogP contribution is 2.31. The quantitative estimate of drug-likeness (QED) is 0.805. The van der Waals surface area contributed by atoms with Crippen LogP contribution in [0.15, 0.2) is 24.4 Å². The van der Waals surface area contributed by atoms with Crippen molar-refractivity contribution < 1.29 is 0 Å². The van der Waals surface area contributed by atoms with Crippen molar-refractivity contribution in [3.63, 3.8) is 0 Å². The lowest BCUT2D eigenvalue weighted by Crippen LogP contribution is -2.14. The zero-order valence-electron chi connectivity index (χ0n) is 14.8. The summed E-state index contributed by atoms with van der Waals surface area (Å²) in [5.41, 5.74) is 5.52. The molecule has 1 unspecified atom stereocenters. The lowest BCUT2D eigenvalue weighted by molar-refractivity contribution is 0.580. The van der Waals surface area contributed by atoms with Gasteiger partial charge >= 0.3 is 0 Å². The lowest BCUT2D eigenvalue weighted by Gasteiger charge is -2.24. The summed E-state index contributed by atoms with van der Waals surface area (Å²) >= 11 is 0. The Morgan fingerprint density at radius 1 is 1.18 bits per heavy atom. The Bertz CT molecular complexity index is 620. The second kappa shape index (κ2) is 6.64. The average Bonchev–Trinajstić information content (AvgIpc) is 2.92. The summed E-state index contributed by atoms with van der Waals surface area (Å²) in [6, 6.07) is 6.94. The van der Waals surface area contributed by atoms with E-state index in [0.717, 1.165) is 25.1 Å². The van der Waals surface area contributed by atoms with E-state index in [1.54, 1.807) is 0 Å². The molecule has 1 aromatic carbocycles. The Balaban J connectivity index is 2.27. The van der Waals surface area contributed by atoms with Gasteiger partial charge in [0, 0.05) is 12.7 Å². The van der Waals surface area contributed by atoms with Crippen LogP contribution in [0.5, 0.6) is 0 Å². The van der Waals surface area contributed by atoms with Crippen LogP contribution in [0, 0.1) is 6.92 Å². The predicted molar refractivity (Wildman–Crippen MR) is 92.3 cm³/mol. The largest absolute Gasteiger partial charge is 0.253 e. The van der Waals surface area contributed by atoms with Gasteiger partial charge in [0.2, 0.25) is 0 Å². The molecule has 0 radical (unpaired) electrons. The van der Waals surface area contributed by atoms with Crippen molar-refractivity contribution in [1.29, 1.82) is 0 Å². The van der Waals surface area contributed by atoms with Gasteiger partial charge in [-0.2, -0.15) is 0 Å². The molecule has 0 fully saturated rings. The Labute approximate surface area is 134 Å². The highest BCUT2D eigenvalue weighted by Gasteiger charge is 2.19. The van der Waals surface area contributed by atoms with Gasteiger partial charge in [0.1, 0.15) is 0 Å². The van der Waals surface area contributed by atoms with Crippen LogP contribution in [-0.4, -0.2) is 15.0 Å². The van der Waals surface area contributed by atoms with Gasteiger partial charge < -0.3 is 0 Å². The molecular weight excluding hydrogens is 270 g/mol. The molecule has 3 nitrogen and oxygen atoms in total. The van der Waals surface area contributed by atoms with Gasteiger partial charge in [-0.25, -0.2) is 0 Å². The summed E-state index contributed by atoms with van der Waals surface area (Å²) in [4.78, 5) is 0. The molecule has 0 saturated heterocycles. The minimum absolute atomic E-state index is 0.184. The minimum atomic E-state index is 0.184. The van der Waals surface area contributed by atoms with Gasteiger partial charge in [0.15, 0.2) is 0 Å². The van der Waals surface area contributed by atoms with E-state index in [0.29, 0.717) is 5.92 Å². The molecule has 0 saturated carbocycles. The topological polar surface area (TPSA) is 30.7 Å². The molecule has 0 spiro atoms. The summed E-state index contributed by atoms with van der Waals surface area (Å²) in [5.74, 6) is 0.503. The number of nitrogens with zero attached hydrogens (tertiary/aromatic N) is 3. The molecule has 3 heteroatoms. The number of hydrogen-bond donors (Lipinski definition) is 0. The van der Waals surface area contributed by atoms with Crippen molar-refractivity contribution in [2.75, 3.05) is 0 Å². The number of rotatable bonds is 5. The molecule has 1 aromatic heterocycles. The van der Waals surface area contributed by atoms with Crippen LogP contribution in [0.1, 0.15) is 69.3 Å². The zero-order valence-corrected chi connectivity index (χ0v) is 14.8. The molecule has 0 aliphatic rings. The third kappa shape index (κ3) is 3.76. The zero-order chi connectivity index (χ0) is 16.3. The van der Waals surface area contributed by atoms with Crippen LogP contribution in [0.4, 0.5) is 0 Å². The summed E-state index contributed by atoms with van der Waals surface area (Å²) in [6.07, 6.45) is 4.15. The second-order valence-electron chi connectivity index (χ2n) is 7.20. The molecular formula is C19H29N3. The van der Waals surface area contributed by atoms with E-state index in [-0.39, 0.29) is 5.41 Å². The smallest absolute Gasteiger partial charge is 0.0833 e. The molecule has 2 aromatic rings. The monoisotopic (exact) mass is 299 g/mol. The summed E-state index contributed by atoms with van der Waals surface area (Å²) in [6.45, 7) is 14.3. The second-order valence-corrected chi connectivity index (χ2v) is 7.20. The van der Waals surface area contributed by atoms with E-state index < -0.39 is 0 Å². The molecule has 0 bridgehead atoms. The van der Waals surface area contributed by atoms with Crippen molar-refractivity contribution in [2.45, 2.75) is 72.3 Å². The molecule has 120 valence electrons. The van der Waals surface area contributed by atoms with Crippen molar-refractivity contribution in [1.82, 2.24) is 15.0 Å². The van der Waals surface area contributed by atoms with Gasteiger partial charge in [-0.1, -0.05) is 51.1 Å². The fourth-order valence-corrected chi connectivity index (χ4v) is 3.04. The van der Waals surface area contributed by atoms with E-state index in [9.17, 15) is 0 Å². The fraction of sp³-hybridized carbons (Fsp3) is 0.579. The van der Waals surface area contributed by atoms with Gasteiger partial charge in [-0.05, 0) is 54.7 Å². The van der Waals surface area contributed by atoms with Crippen LogP contribution < -0.4 is 0 Å². The molecule has 0 N–H and O–H groups in total. The van der Waals surface area contributed by atoms with E-state index >= 15 is 0 Å². The number of hydrogen-bond acceptors (Lipinski definition) is 2. The maximum absolute atomic E-state index is 4.30. The first kappa shape index (κ1) is 16.7. The van der Waals surface area contributed by atoms with Gasteiger partial charge in [0.05, 0.1) is 5.69 Å². The van der Waals surface area contributed by atoms with E-state index in [2.05, 4.69) is 76.3 Å². The molecule has 1 atom stereocenters. The third-order valence-corrected chi connectivity index (χ3v) is 4.40. The van der Waals surface area contributed by atoms with E-state index in [1.807, 2.05) is 4.68 Å². The molecule has 1 heterocycles. The first-order valence-corrected chi connectivity index (χ1v) is 8.35. The van der Waals surface area contributed by atoms with Crippen molar-refractivity contribution >= 4 is 0 Å². The Morgan fingerprint density at radius 2 is 1.91 bits per heavy atom.